The number of carboxylic acid groups (broad SMARTS) is 2. The molecular formula is C7H10O6-2. The number of carbonyl (C=O) groups is 2. The first kappa shape index (κ1) is 11.9. The molecule has 0 atom stereocenters. The number of carboxylic acids is 2. The van der Waals surface area contributed by atoms with Crippen LogP contribution in [0.1, 0.15) is 12.8 Å². The predicted molar refractivity (Wildman–Crippen MR) is 35.9 cm³/mol. The monoisotopic (exact) mass is 190 g/mol. The molecule has 0 saturated heterocycles. The lowest BCUT2D eigenvalue weighted by molar-refractivity contribution is -0.344. The SMILES string of the molecule is O=C([O-])C(CCO)(CCO)C(=O)[O-]. The maximum Gasteiger partial charge on any atom is 0.0538 e. The second kappa shape index (κ2) is 4.78. The molecule has 0 saturated carbocycles. The molecule has 0 spiro atoms. The number of hydrogen-bond acceptors (Lipinski definition) is 6. The molecule has 0 aliphatic heterocycles. The Bertz CT molecular complexity index is 177. The number of hydrogen-bond donors (Lipinski definition) is 2. The normalized spacial score (nSPS) is 11.2. The first-order valence-electron chi connectivity index (χ1n) is 3.66. The van der Waals surface area contributed by atoms with Crippen LogP contribution >= 0.6 is 0 Å². The number of rotatable bonds is 6. The van der Waals surface area contributed by atoms with Crippen molar-refractivity contribution < 1.29 is 30.0 Å². The average Bonchev–Trinajstić information content (AvgIpc) is 2.03. The lowest BCUT2D eigenvalue weighted by atomic mass is 9.82. The van der Waals surface area contributed by atoms with Gasteiger partial charge in [-0.3, -0.25) is 0 Å². The minimum absolute atomic E-state index is 0.530. The van der Waals surface area contributed by atoms with Crippen LogP contribution in [0.2, 0.25) is 0 Å². The summed E-state index contributed by atoms with van der Waals surface area (Å²) >= 11 is 0. The zero-order valence-corrected chi connectivity index (χ0v) is 6.86. The zero-order valence-electron chi connectivity index (χ0n) is 6.86. The van der Waals surface area contributed by atoms with Crippen molar-refractivity contribution in [2.75, 3.05) is 13.2 Å². The summed E-state index contributed by atoms with van der Waals surface area (Å²) in [6.07, 6.45) is -1.06. The average molecular weight is 190 g/mol. The Balaban J connectivity index is 4.80. The molecule has 0 bridgehead atoms. The molecule has 0 amide bonds. The van der Waals surface area contributed by atoms with Crippen LogP contribution in [0.4, 0.5) is 0 Å². The molecule has 0 aliphatic carbocycles. The van der Waals surface area contributed by atoms with E-state index in [4.69, 9.17) is 10.2 Å². The molecule has 0 aromatic heterocycles. The molecule has 0 radical (unpaired) electrons. The Kier molecular flexibility index (Phi) is 4.36. The predicted octanol–water partition coefficient (Wildman–Crippen LogP) is -3.76. The van der Waals surface area contributed by atoms with Crippen molar-refractivity contribution in [2.45, 2.75) is 12.8 Å². The minimum Gasteiger partial charge on any atom is -0.549 e. The fourth-order valence-electron chi connectivity index (χ4n) is 0.998. The molecular weight excluding hydrogens is 180 g/mol. The van der Waals surface area contributed by atoms with Gasteiger partial charge in [-0.1, -0.05) is 0 Å². The van der Waals surface area contributed by atoms with E-state index < -0.39 is 43.4 Å². The lowest BCUT2D eigenvalue weighted by Gasteiger charge is -2.34. The summed E-state index contributed by atoms with van der Waals surface area (Å²) in [5.74, 6) is -3.70. The quantitative estimate of drug-likeness (QED) is 0.415. The first-order chi connectivity index (χ1) is 6.01. The van der Waals surface area contributed by atoms with E-state index in [2.05, 4.69) is 0 Å². The van der Waals surface area contributed by atoms with Crippen molar-refractivity contribution >= 4 is 11.9 Å². The van der Waals surface area contributed by atoms with E-state index in [1.165, 1.54) is 0 Å². The van der Waals surface area contributed by atoms with Gasteiger partial charge in [-0.25, -0.2) is 0 Å². The van der Waals surface area contributed by atoms with Gasteiger partial charge in [0.15, 0.2) is 0 Å². The van der Waals surface area contributed by atoms with E-state index >= 15 is 0 Å². The Morgan fingerprint density at radius 1 is 1.00 bits per heavy atom. The zero-order chi connectivity index (χ0) is 10.5. The number of aliphatic hydroxyl groups is 2. The van der Waals surface area contributed by atoms with Gasteiger partial charge in [0.05, 0.1) is 17.4 Å². The van der Waals surface area contributed by atoms with E-state index in [0.29, 0.717) is 0 Å². The maximum atomic E-state index is 10.5. The van der Waals surface area contributed by atoms with E-state index in [1.54, 1.807) is 0 Å². The molecule has 6 nitrogen and oxygen atoms in total. The summed E-state index contributed by atoms with van der Waals surface area (Å²) < 4.78 is 0. The Morgan fingerprint density at radius 3 is 1.46 bits per heavy atom. The summed E-state index contributed by atoms with van der Waals surface area (Å²) in [5, 5.41) is 37.9. The molecule has 76 valence electrons. The van der Waals surface area contributed by atoms with E-state index in [-0.39, 0.29) is 0 Å². The fraction of sp³-hybridized carbons (Fsp3) is 0.714. The van der Waals surface area contributed by atoms with Gasteiger partial charge in [-0.2, -0.15) is 0 Å². The van der Waals surface area contributed by atoms with Crippen LogP contribution in [0.5, 0.6) is 0 Å². The second-order valence-corrected chi connectivity index (χ2v) is 2.60. The molecule has 0 heterocycles. The minimum atomic E-state index is -2.29. The third-order valence-electron chi connectivity index (χ3n) is 1.86. The van der Waals surface area contributed by atoms with Crippen LogP contribution in [0, 0.1) is 5.41 Å². The van der Waals surface area contributed by atoms with Crippen LogP contribution in [-0.4, -0.2) is 35.4 Å². The smallest absolute Gasteiger partial charge is 0.0538 e. The van der Waals surface area contributed by atoms with Crippen molar-refractivity contribution in [3.05, 3.63) is 0 Å². The van der Waals surface area contributed by atoms with Gasteiger partial charge in [-0.15, -0.1) is 0 Å². The highest BCUT2D eigenvalue weighted by Gasteiger charge is 2.32. The van der Waals surface area contributed by atoms with Gasteiger partial charge in [0.2, 0.25) is 0 Å². The first-order valence-corrected chi connectivity index (χ1v) is 3.66. The van der Waals surface area contributed by atoms with Crippen LogP contribution in [0.25, 0.3) is 0 Å². The maximum absolute atomic E-state index is 10.5. The fourth-order valence-corrected chi connectivity index (χ4v) is 0.998. The highest BCUT2D eigenvalue weighted by Crippen LogP contribution is 2.24. The van der Waals surface area contributed by atoms with Crippen molar-refractivity contribution in [3.63, 3.8) is 0 Å². The standard InChI is InChI=1S/C7H12O6/c8-3-1-7(2-4-9,5(10)11)6(12)13/h8-9H,1-4H2,(H,10,11)(H,12,13)/p-2. The van der Waals surface area contributed by atoms with Gasteiger partial charge in [0.25, 0.3) is 0 Å². The van der Waals surface area contributed by atoms with Gasteiger partial charge >= 0.3 is 0 Å². The van der Waals surface area contributed by atoms with E-state index in [0.717, 1.165) is 0 Å². The van der Waals surface area contributed by atoms with Crippen molar-refractivity contribution in [1.82, 2.24) is 0 Å². The third kappa shape index (κ3) is 2.40. The summed E-state index contributed by atoms with van der Waals surface area (Å²) in [5.41, 5.74) is -2.29. The Labute approximate surface area is 74.4 Å². The summed E-state index contributed by atoms with van der Waals surface area (Å²) in [4.78, 5) is 21.0. The molecule has 0 unspecified atom stereocenters. The van der Waals surface area contributed by atoms with Crippen LogP contribution in [0.15, 0.2) is 0 Å². The molecule has 2 N–H and O–H groups in total. The van der Waals surface area contributed by atoms with Crippen LogP contribution in [0.3, 0.4) is 0 Å². The Hall–Kier alpha value is -1.14. The molecule has 0 aromatic rings. The molecule has 13 heavy (non-hydrogen) atoms. The summed E-state index contributed by atoms with van der Waals surface area (Å²) in [6.45, 7) is -1.25. The molecule has 0 aliphatic rings. The Morgan fingerprint density at radius 2 is 1.31 bits per heavy atom. The highest BCUT2D eigenvalue weighted by atomic mass is 16.4. The second-order valence-electron chi connectivity index (χ2n) is 2.60. The molecule has 6 heteroatoms. The summed E-state index contributed by atoms with van der Waals surface area (Å²) in [6, 6.07) is 0. The summed E-state index contributed by atoms with van der Waals surface area (Å²) in [7, 11) is 0. The van der Waals surface area contributed by atoms with Gasteiger partial charge in [0, 0.05) is 13.2 Å². The molecule has 0 rings (SSSR count). The molecule has 0 aromatic carbocycles. The largest absolute Gasteiger partial charge is 0.549 e. The van der Waals surface area contributed by atoms with E-state index in [9.17, 15) is 19.8 Å². The van der Waals surface area contributed by atoms with Gasteiger partial charge in [0.1, 0.15) is 0 Å². The number of carbonyl (C=O) groups excluding carboxylic acids is 2. The van der Waals surface area contributed by atoms with E-state index in [1.807, 2.05) is 0 Å². The van der Waals surface area contributed by atoms with Crippen LogP contribution < -0.4 is 10.2 Å². The lowest BCUT2D eigenvalue weighted by Crippen LogP contribution is -2.54. The van der Waals surface area contributed by atoms with Gasteiger partial charge in [-0.05, 0) is 12.8 Å². The number of aliphatic carboxylic acids is 2. The van der Waals surface area contributed by atoms with Crippen molar-refractivity contribution in [1.29, 1.82) is 0 Å². The van der Waals surface area contributed by atoms with Crippen LogP contribution in [-0.2, 0) is 9.59 Å². The number of aliphatic hydroxyl groups excluding tert-OH is 2. The van der Waals surface area contributed by atoms with Crippen molar-refractivity contribution in [2.24, 2.45) is 5.41 Å². The molecule has 0 fully saturated rings. The topological polar surface area (TPSA) is 121 Å². The van der Waals surface area contributed by atoms with Gasteiger partial charge < -0.3 is 30.0 Å². The van der Waals surface area contributed by atoms with Crippen molar-refractivity contribution in [3.8, 4) is 0 Å². The third-order valence-corrected chi connectivity index (χ3v) is 1.86. The highest BCUT2D eigenvalue weighted by molar-refractivity contribution is 5.96.